The van der Waals surface area contributed by atoms with Gasteiger partial charge in [-0.1, -0.05) is 80.5 Å². The van der Waals surface area contributed by atoms with Crippen LogP contribution in [0.15, 0.2) is 46.5 Å². The van der Waals surface area contributed by atoms with Gasteiger partial charge < -0.3 is 10.1 Å². The van der Waals surface area contributed by atoms with Crippen LogP contribution in [0.25, 0.3) is 0 Å². The maximum absolute atomic E-state index is 13.9. The Bertz CT molecular complexity index is 907. The Hall–Kier alpha value is -2.43. The van der Waals surface area contributed by atoms with Crippen LogP contribution in [-0.4, -0.2) is 29.7 Å². The Labute approximate surface area is 187 Å². The molecule has 0 saturated carbocycles. The molecule has 2 rings (SSSR count). The highest BCUT2D eigenvalue weighted by atomic mass is 16.5. The lowest BCUT2D eigenvalue weighted by atomic mass is 9.66. The largest absolute Gasteiger partial charge is 0.464 e. The summed E-state index contributed by atoms with van der Waals surface area (Å²) in [6.45, 7) is 20.5. The highest BCUT2D eigenvalue weighted by Crippen LogP contribution is 2.52. The predicted molar refractivity (Wildman–Crippen MR) is 127 cm³/mol. The number of para-hydroxylation sites is 1. The number of nitrogens with zero attached hydrogens (tertiary/aromatic N) is 1. The van der Waals surface area contributed by atoms with Gasteiger partial charge in [0.1, 0.15) is 0 Å². The van der Waals surface area contributed by atoms with Gasteiger partial charge >= 0.3 is 5.97 Å². The van der Waals surface area contributed by atoms with Crippen LogP contribution in [0.4, 0.5) is 5.69 Å². The molecule has 1 unspecified atom stereocenters. The molecular formula is C26H38N2O3. The van der Waals surface area contributed by atoms with Gasteiger partial charge in [0, 0.05) is 16.8 Å². The van der Waals surface area contributed by atoms with E-state index in [4.69, 9.17) is 9.73 Å². The summed E-state index contributed by atoms with van der Waals surface area (Å²) in [5.74, 6) is -1.11. The number of ether oxygens (including phenoxy) is 1. The van der Waals surface area contributed by atoms with Gasteiger partial charge in [-0.15, -0.1) is 0 Å². The summed E-state index contributed by atoms with van der Waals surface area (Å²) in [6.07, 6.45) is 0. The number of anilines is 1. The molecule has 1 amide bonds. The van der Waals surface area contributed by atoms with Crippen molar-refractivity contribution in [2.24, 2.45) is 21.2 Å². The number of benzene rings is 1. The van der Waals surface area contributed by atoms with Crippen molar-refractivity contribution >= 4 is 23.3 Å². The monoisotopic (exact) mass is 426 g/mol. The first kappa shape index (κ1) is 24.8. The maximum Gasteiger partial charge on any atom is 0.348 e. The van der Waals surface area contributed by atoms with Crippen molar-refractivity contribution in [3.63, 3.8) is 0 Å². The molecule has 31 heavy (non-hydrogen) atoms. The molecule has 0 spiro atoms. The number of carbonyl (C=O) groups excluding carboxylic acids is 2. The van der Waals surface area contributed by atoms with Crippen molar-refractivity contribution in [3.8, 4) is 0 Å². The zero-order valence-corrected chi connectivity index (χ0v) is 20.8. The molecule has 0 radical (unpaired) electrons. The number of hydrogen-bond donors (Lipinski definition) is 1. The third-order valence-corrected chi connectivity index (χ3v) is 5.27. The second-order valence-electron chi connectivity index (χ2n) is 11.2. The lowest BCUT2D eigenvalue weighted by molar-refractivity contribution is -0.151. The Balaban J connectivity index is 2.92. The first-order valence-electron chi connectivity index (χ1n) is 11.0. The van der Waals surface area contributed by atoms with E-state index in [-0.39, 0.29) is 17.4 Å². The summed E-state index contributed by atoms with van der Waals surface area (Å²) in [5.41, 5.74) is 0.112. The number of allylic oxidation sites excluding steroid dienone is 1. The van der Waals surface area contributed by atoms with Gasteiger partial charge in [-0.2, -0.15) is 0 Å². The number of nitrogens with one attached hydrogen (secondary N) is 1. The molecule has 0 aromatic heterocycles. The van der Waals surface area contributed by atoms with Crippen LogP contribution in [0.3, 0.4) is 0 Å². The Morgan fingerprint density at radius 1 is 0.903 bits per heavy atom. The number of amides is 1. The van der Waals surface area contributed by atoms with Crippen LogP contribution in [0.5, 0.6) is 0 Å². The average molecular weight is 427 g/mol. The van der Waals surface area contributed by atoms with Gasteiger partial charge in [-0.05, 0) is 41.0 Å². The molecule has 0 saturated heterocycles. The molecule has 0 fully saturated rings. The van der Waals surface area contributed by atoms with E-state index in [1.807, 2.05) is 39.0 Å². The summed E-state index contributed by atoms with van der Waals surface area (Å²) in [4.78, 5) is 32.4. The van der Waals surface area contributed by atoms with Gasteiger partial charge in [0.15, 0.2) is 0 Å². The quantitative estimate of drug-likeness (QED) is 0.487. The fourth-order valence-corrected chi connectivity index (χ4v) is 4.15. The molecule has 1 atom stereocenters. The van der Waals surface area contributed by atoms with E-state index < -0.39 is 22.8 Å². The molecule has 0 aliphatic carbocycles. The zero-order valence-electron chi connectivity index (χ0n) is 20.8. The lowest BCUT2D eigenvalue weighted by Gasteiger charge is -2.37. The smallest absolute Gasteiger partial charge is 0.348 e. The van der Waals surface area contributed by atoms with Crippen molar-refractivity contribution in [1.29, 1.82) is 0 Å². The summed E-state index contributed by atoms with van der Waals surface area (Å²) in [5, 5.41) is 2.93. The third kappa shape index (κ3) is 4.76. The van der Waals surface area contributed by atoms with E-state index in [1.54, 1.807) is 19.1 Å². The molecule has 1 aromatic rings. The zero-order chi connectivity index (χ0) is 23.8. The number of carbonyl (C=O) groups is 2. The molecule has 1 heterocycles. The molecular weight excluding hydrogens is 388 g/mol. The van der Waals surface area contributed by atoms with Gasteiger partial charge in [0.25, 0.3) is 11.4 Å². The van der Waals surface area contributed by atoms with Gasteiger partial charge in [0.05, 0.1) is 6.61 Å². The Kier molecular flexibility index (Phi) is 6.61. The average Bonchev–Trinajstić information content (AvgIpc) is 3.01. The van der Waals surface area contributed by atoms with Crippen molar-refractivity contribution in [1.82, 2.24) is 0 Å². The molecule has 1 aromatic carbocycles. The van der Waals surface area contributed by atoms with E-state index >= 15 is 0 Å². The Morgan fingerprint density at radius 2 is 1.45 bits per heavy atom. The second kappa shape index (κ2) is 8.25. The number of rotatable bonds is 4. The van der Waals surface area contributed by atoms with Gasteiger partial charge in [-0.25, -0.2) is 4.79 Å². The van der Waals surface area contributed by atoms with E-state index in [1.165, 1.54) is 0 Å². The van der Waals surface area contributed by atoms with E-state index in [0.29, 0.717) is 11.3 Å². The van der Waals surface area contributed by atoms with Crippen molar-refractivity contribution in [3.05, 3.63) is 41.5 Å². The van der Waals surface area contributed by atoms with Crippen LogP contribution in [0, 0.1) is 16.2 Å². The summed E-state index contributed by atoms with van der Waals surface area (Å²) in [6, 6.07) is 9.15. The second-order valence-corrected chi connectivity index (χ2v) is 11.2. The number of hydrogen-bond acceptors (Lipinski definition) is 4. The minimum absolute atomic E-state index is 0.168. The fraction of sp³-hybridized carbons (Fsp3) is 0.577. The summed E-state index contributed by atoms with van der Waals surface area (Å²) >= 11 is 0. The predicted octanol–water partition coefficient (Wildman–Crippen LogP) is 5.82. The highest BCUT2D eigenvalue weighted by Gasteiger charge is 2.60. The maximum atomic E-state index is 13.9. The van der Waals surface area contributed by atoms with Crippen LogP contribution < -0.4 is 5.32 Å². The van der Waals surface area contributed by atoms with Crippen LogP contribution in [-0.2, 0) is 14.3 Å². The molecule has 170 valence electrons. The van der Waals surface area contributed by atoms with Gasteiger partial charge in [0.2, 0.25) is 0 Å². The lowest BCUT2D eigenvalue weighted by Crippen LogP contribution is -2.52. The first-order valence-corrected chi connectivity index (χ1v) is 11.0. The van der Waals surface area contributed by atoms with Gasteiger partial charge in [-0.3, -0.25) is 9.79 Å². The molecule has 0 bridgehead atoms. The molecule has 1 aliphatic rings. The molecule has 1 aliphatic heterocycles. The summed E-state index contributed by atoms with van der Waals surface area (Å²) < 4.78 is 5.49. The topological polar surface area (TPSA) is 67.8 Å². The van der Waals surface area contributed by atoms with Crippen LogP contribution in [0.1, 0.15) is 69.2 Å². The minimum Gasteiger partial charge on any atom is -0.464 e. The van der Waals surface area contributed by atoms with Crippen molar-refractivity contribution in [2.45, 2.75) is 74.8 Å². The third-order valence-electron chi connectivity index (χ3n) is 5.27. The van der Waals surface area contributed by atoms with Crippen LogP contribution >= 0.6 is 0 Å². The van der Waals surface area contributed by atoms with E-state index in [0.717, 1.165) is 11.3 Å². The fourth-order valence-electron chi connectivity index (χ4n) is 4.15. The Morgan fingerprint density at radius 3 is 1.87 bits per heavy atom. The first-order chi connectivity index (χ1) is 14.1. The number of aliphatic imine (C=N–C) groups is 1. The van der Waals surface area contributed by atoms with Crippen molar-refractivity contribution in [2.75, 3.05) is 11.9 Å². The SMILES string of the molecule is CCOC(=O)C1(C(=O)Nc2ccccc2)N=C(C(C)(C)C)C(C(C)(C)C)=C1C(C)(C)C. The van der Waals surface area contributed by atoms with E-state index in [2.05, 4.69) is 46.9 Å². The molecule has 5 nitrogen and oxygen atoms in total. The van der Waals surface area contributed by atoms with E-state index in [9.17, 15) is 9.59 Å². The van der Waals surface area contributed by atoms with Crippen LogP contribution in [0.2, 0.25) is 0 Å². The number of esters is 1. The molecule has 5 heteroatoms. The summed E-state index contributed by atoms with van der Waals surface area (Å²) in [7, 11) is 0. The minimum atomic E-state index is -1.77. The normalized spacial score (nSPS) is 19.9. The van der Waals surface area contributed by atoms with Crippen molar-refractivity contribution < 1.29 is 14.3 Å². The highest BCUT2D eigenvalue weighted by molar-refractivity contribution is 6.23. The molecule has 1 N–H and O–H groups in total. The standard InChI is InChI=1S/C26H38N2O3/c1-11-31-22(30)26(21(29)27-17-15-13-12-14-16-17)19(24(5,6)7)18(23(2,3)4)20(28-26)25(8,9)10/h12-16H,11H2,1-10H3,(H,27,29).